The van der Waals surface area contributed by atoms with E-state index in [0.29, 0.717) is 35.6 Å². The van der Waals surface area contributed by atoms with Crippen molar-refractivity contribution < 1.29 is 23.8 Å². The summed E-state index contributed by atoms with van der Waals surface area (Å²) in [6.07, 6.45) is 0.606. The summed E-state index contributed by atoms with van der Waals surface area (Å²) in [5, 5.41) is 9.69. The predicted molar refractivity (Wildman–Crippen MR) is 135 cm³/mol. The summed E-state index contributed by atoms with van der Waals surface area (Å²) in [6.45, 7) is 8.60. The molecule has 2 aromatic carbocycles. The molecule has 2 fully saturated rings. The number of carbonyl (C=O) groups is 2. The number of aromatic nitrogens is 2. The van der Waals surface area contributed by atoms with E-state index in [4.69, 9.17) is 14.2 Å². The van der Waals surface area contributed by atoms with Crippen molar-refractivity contribution in [3.63, 3.8) is 0 Å². The van der Waals surface area contributed by atoms with E-state index in [1.807, 2.05) is 63.2 Å². The van der Waals surface area contributed by atoms with Crippen LogP contribution in [0.3, 0.4) is 0 Å². The molecular weight excluding hydrogens is 460 g/mol. The number of anilines is 1. The Labute approximate surface area is 209 Å². The van der Waals surface area contributed by atoms with Crippen molar-refractivity contribution >= 4 is 29.0 Å². The number of rotatable bonds is 6. The third-order valence-corrected chi connectivity index (χ3v) is 6.45. The largest absolute Gasteiger partial charge is 0.467 e. The standard InChI is InChI=1S/C27H30N4O5/c1-26(2,3)36-25(33)31-15-27(16-31)13-30(14-27)23-11-21-18(9-19(23)12-32)10-22(29-28-21)20-7-5-6-8-24(20)35-17-34-4/h5-12H,13-17H2,1-4H3. The molecule has 9 nitrogen and oxygen atoms in total. The summed E-state index contributed by atoms with van der Waals surface area (Å²) in [5.74, 6) is 0.645. The second-order valence-electron chi connectivity index (χ2n) is 10.6. The van der Waals surface area contributed by atoms with E-state index in [0.717, 1.165) is 36.0 Å². The van der Waals surface area contributed by atoms with Crippen LogP contribution in [0, 0.1) is 5.41 Å². The van der Waals surface area contributed by atoms with Gasteiger partial charge in [-0.3, -0.25) is 4.79 Å². The van der Waals surface area contributed by atoms with Crippen LogP contribution in [0.5, 0.6) is 5.75 Å². The average molecular weight is 491 g/mol. The highest BCUT2D eigenvalue weighted by Crippen LogP contribution is 2.43. The fourth-order valence-electron chi connectivity index (χ4n) is 4.88. The molecule has 2 aliphatic rings. The number of ether oxygens (including phenoxy) is 3. The summed E-state index contributed by atoms with van der Waals surface area (Å²) in [7, 11) is 1.57. The summed E-state index contributed by atoms with van der Waals surface area (Å²) in [5.41, 5.74) is 3.14. The maximum atomic E-state index is 12.3. The maximum Gasteiger partial charge on any atom is 0.410 e. The first-order valence-corrected chi connectivity index (χ1v) is 11.9. The Morgan fingerprint density at radius 3 is 2.53 bits per heavy atom. The van der Waals surface area contributed by atoms with Crippen LogP contribution in [0.25, 0.3) is 22.2 Å². The minimum atomic E-state index is -0.505. The predicted octanol–water partition coefficient (Wildman–Crippen LogP) is 4.15. The van der Waals surface area contributed by atoms with E-state index in [2.05, 4.69) is 15.1 Å². The van der Waals surface area contributed by atoms with E-state index in [-0.39, 0.29) is 18.3 Å². The number of aldehydes is 1. The van der Waals surface area contributed by atoms with Crippen molar-refractivity contribution in [1.82, 2.24) is 15.1 Å². The number of benzene rings is 2. The topological polar surface area (TPSA) is 94.1 Å². The van der Waals surface area contributed by atoms with Crippen LogP contribution in [0.4, 0.5) is 10.5 Å². The number of amides is 1. The minimum absolute atomic E-state index is 0.0491. The van der Waals surface area contributed by atoms with Crippen molar-refractivity contribution in [2.75, 3.05) is 45.0 Å². The molecular formula is C27H30N4O5. The number of methoxy groups -OCH3 is 1. The van der Waals surface area contributed by atoms with Gasteiger partial charge in [-0.05, 0) is 51.1 Å². The van der Waals surface area contributed by atoms with Gasteiger partial charge in [0.25, 0.3) is 0 Å². The number of nitrogens with zero attached hydrogens (tertiary/aromatic N) is 4. The first kappa shape index (κ1) is 24.0. The Morgan fingerprint density at radius 2 is 1.83 bits per heavy atom. The molecule has 3 heterocycles. The quantitative estimate of drug-likeness (QED) is 0.376. The van der Waals surface area contributed by atoms with Crippen molar-refractivity contribution in [2.45, 2.75) is 26.4 Å². The Morgan fingerprint density at radius 1 is 1.08 bits per heavy atom. The monoisotopic (exact) mass is 490 g/mol. The lowest BCUT2D eigenvalue weighted by molar-refractivity contribution is -0.0453. The molecule has 0 unspecified atom stereocenters. The Bertz CT molecular complexity index is 1310. The van der Waals surface area contributed by atoms with Crippen molar-refractivity contribution in [1.29, 1.82) is 0 Å². The first-order valence-electron chi connectivity index (χ1n) is 11.9. The summed E-state index contributed by atoms with van der Waals surface area (Å²) in [6, 6.07) is 13.2. The fourth-order valence-corrected chi connectivity index (χ4v) is 4.88. The number of hydrogen-bond acceptors (Lipinski definition) is 8. The zero-order valence-corrected chi connectivity index (χ0v) is 21.0. The van der Waals surface area contributed by atoms with Crippen LogP contribution in [0.2, 0.25) is 0 Å². The number of hydrogen-bond donors (Lipinski definition) is 0. The highest BCUT2D eigenvalue weighted by molar-refractivity contribution is 5.95. The SMILES string of the molecule is COCOc1ccccc1-c1cc2cc(C=O)c(N3CC4(CN(C(=O)OC(C)(C)C)C4)C3)cc2nn1. The molecule has 36 heavy (non-hydrogen) atoms. The van der Waals surface area contributed by atoms with E-state index in [9.17, 15) is 9.59 Å². The number of para-hydroxylation sites is 1. The lowest BCUT2D eigenvalue weighted by Crippen LogP contribution is -2.73. The van der Waals surface area contributed by atoms with Gasteiger partial charge >= 0.3 is 6.09 Å². The Hall–Kier alpha value is -3.72. The second-order valence-corrected chi connectivity index (χ2v) is 10.6. The maximum absolute atomic E-state index is 12.3. The zero-order chi connectivity index (χ0) is 25.5. The van der Waals surface area contributed by atoms with Crippen LogP contribution in [-0.2, 0) is 9.47 Å². The van der Waals surface area contributed by atoms with Gasteiger partial charge in [0.05, 0.1) is 11.2 Å². The average Bonchev–Trinajstić information content (AvgIpc) is 2.79. The highest BCUT2D eigenvalue weighted by atomic mass is 16.7. The summed E-state index contributed by atoms with van der Waals surface area (Å²) >= 11 is 0. The van der Waals surface area contributed by atoms with Gasteiger partial charge < -0.3 is 24.0 Å². The molecule has 1 amide bonds. The molecule has 0 saturated carbocycles. The lowest BCUT2D eigenvalue weighted by atomic mass is 9.72. The van der Waals surface area contributed by atoms with Gasteiger partial charge in [0, 0.05) is 60.9 Å². The van der Waals surface area contributed by atoms with Gasteiger partial charge in [0.15, 0.2) is 13.1 Å². The molecule has 9 heteroatoms. The van der Waals surface area contributed by atoms with Crippen LogP contribution in [0.15, 0.2) is 42.5 Å². The van der Waals surface area contributed by atoms with Crippen molar-refractivity contribution in [3.8, 4) is 17.0 Å². The Balaban J connectivity index is 1.33. The van der Waals surface area contributed by atoms with E-state index in [1.165, 1.54) is 0 Å². The number of likely N-dealkylation sites (tertiary alicyclic amines) is 1. The van der Waals surface area contributed by atoms with Crippen LogP contribution >= 0.6 is 0 Å². The van der Waals surface area contributed by atoms with E-state index in [1.54, 1.807) is 12.0 Å². The molecule has 0 aliphatic carbocycles. The van der Waals surface area contributed by atoms with Gasteiger partial charge in [0.1, 0.15) is 11.4 Å². The molecule has 2 saturated heterocycles. The summed E-state index contributed by atoms with van der Waals surface area (Å²) < 4.78 is 16.2. The fraction of sp³-hybridized carbons (Fsp3) is 0.407. The van der Waals surface area contributed by atoms with E-state index >= 15 is 0 Å². The van der Waals surface area contributed by atoms with Crippen molar-refractivity contribution in [3.05, 3.63) is 48.0 Å². The van der Waals surface area contributed by atoms with Gasteiger partial charge in [-0.25, -0.2) is 4.79 Å². The molecule has 0 atom stereocenters. The van der Waals surface area contributed by atoms with Gasteiger partial charge in [0.2, 0.25) is 0 Å². The number of fused-ring (bicyclic) bond motifs is 1. The molecule has 1 aromatic heterocycles. The minimum Gasteiger partial charge on any atom is -0.467 e. The molecule has 188 valence electrons. The van der Waals surface area contributed by atoms with Crippen LogP contribution in [-0.4, -0.2) is 73.2 Å². The van der Waals surface area contributed by atoms with Gasteiger partial charge in [-0.15, -0.1) is 10.2 Å². The lowest BCUT2D eigenvalue weighted by Gasteiger charge is -2.60. The van der Waals surface area contributed by atoms with Gasteiger partial charge in [-0.1, -0.05) is 12.1 Å². The molecule has 5 rings (SSSR count). The normalized spacial score (nSPS) is 16.4. The van der Waals surface area contributed by atoms with E-state index < -0.39 is 5.60 Å². The smallest absolute Gasteiger partial charge is 0.410 e. The second kappa shape index (κ2) is 9.05. The molecule has 2 aliphatic heterocycles. The Kier molecular flexibility index (Phi) is 6.04. The zero-order valence-electron chi connectivity index (χ0n) is 21.0. The highest BCUT2D eigenvalue weighted by Gasteiger charge is 2.54. The van der Waals surface area contributed by atoms with Crippen LogP contribution in [0.1, 0.15) is 31.1 Å². The molecule has 1 spiro atoms. The molecule has 3 aromatic rings. The third kappa shape index (κ3) is 4.58. The summed E-state index contributed by atoms with van der Waals surface area (Å²) in [4.78, 5) is 28.2. The van der Waals surface area contributed by atoms with Crippen molar-refractivity contribution in [2.24, 2.45) is 5.41 Å². The third-order valence-electron chi connectivity index (χ3n) is 6.45. The molecule has 0 N–H and O–H groups in total. The molecule has 0 bridgehead atoms. The van der Waals surface area contributed by atoms with Crippen LogP contribution < -0.4 is 9.64 Å². The van der Waals surface area contributed by atoms with Gasteiger partial charge in [-0.2, -0.15) is 0 Å². The first-order chi connectivity index (χ1) is 17.2. The number of carbonyl (C=O) groups excluding carboxylic acids is 2. The molecule has 0 radical (unpaired) electrons.